The van der Waals surface area contributed by atoms with E-state index in [1.54, 1.807) is 18.2 Å². The van der Waals surface area contributed by atoms with Crippen LogP contribution >= 0.6 is 0 Å². The summed E-state index contributed by atoms with van der Waals surface area (Å²) in [6.07, 6.45) is -4.80. The van der Waals surface area contributed by atoms with Crippen LogP contribution in [0.2, 0.25) is 0 Å². The molecule has 6 heteroatoms. The second-order valence-electron chi connectivity index (χ2n) is 7.09. The predicted octanol–water partition coefficient (Wildman–Crippen LogP) is 6.06. The average Bonchev–Trinajstić information content (AvgIpc) is 2.65. The van der Waals surface area contributed by atoms with Gasteiger partial charge in [-0.05, 0) is 49.6 Å². The Morgan fingerprint density at radius 3 is 2.31 bits per heavy atom. The molecule has 2 aromatic carbocycles. The lowest BCUT2D eigenvalue weighted by Gasteiger charge is -2.19. The second kappa shape index (κ2) is 7.59. The Balaban J connectivity index is 2.35. The largest absolute Gasteiger partial charge is 0.407 e. The molecule has 0 N–H and O–H groups in total. The topological polar surface area (TPSA) is 26.4 Å². The fourth-order valence-corrected chi connectivity index (χ4v) is 3.30. The van der Waals surface area contributed by atoms with Gasteiger partial charge in [0, 0.05) is 5.69 Å². The molecule has 0 bridgehead atoms. The van der Waals surface area contributed by atoms with E-state index in [0.29, 0.717) is 5.56 Å². The molecule has 0 spiro atoms. The summed E-state index contributed by atoms with van der Waals surface area (Å²) in [5, 5.41) is 0. The number of aryl methyl sites for hydroxylation is 3. The quantitative estimate of drug-likeness (QED) is 0.495. The molecule has 0 aliphatic rings. The molecule has 1 aromatic heterocycles. The maximum absolute atomic E-state index is 13.6. The van der Waals surface area contributed by atoms with Crippen molar-refractivity contribution >= 4 is 5.69 Å². The van der Waals surface area contributed by atoms with E-state index in [9.17, 15) is 18.0 Å². The minimum atomic E-state index is -4.80. The van der Waals surface area contributed by atoms with Crippen LogP contribution in [0.15, 0.2) is 53.3 Å². The van der Waals surface area contributed by atoms with Crippen LogP contribution in [0, 0.1) is 27.3 Å². The summed E-state index contributed by atoms with van der Waals surface area (Å²) in [6, 6.07) is 13.6. The summed E-state index contributed by atoms with van der Waals surface area (Å²) in [5.74, 6) is 0. The number of hydrogen-bond acceptors (Lipinski definition) is 1. The minimum Gasteiger partial charge on any atom is -0.313 e. The highest BCUT2D eigenvalue weighted by molar-refractivity contribution is 5.66. The van der Waals surface area contributed by atoms with Crippen molar-refractivity contribution in [3.05, 3.63) is 98.1 Å². The van der Waals surface area contributed by atoms with Crippen LogP contribution in [0.1, 0.15) is 27.8 Å². The summed E-state index contributed by atoms with van der Waals surface area (Å²) < 4.78 is 42.0. The highest BCUT2D eigenvalue weighted by Crippen LogP contribution is 2.37. The maximum Gasteiger partial charge on any atom is 0.407 e. The molecule has 0 aliphatic heterocycles. The van der Waals surface area contributed by atoms with Crippen LogP contribution in [0.4, 0.5) is 18.9 Å². The van der Waals surface area contributed by atoms with Gasteiger partial charge in [0.15, 0.2) is 0 Å². The lowest BCUT2D eigenvalue weighted by atomic mass is 10.0. The van der Waals surface area contributed by atoms with E-state index in [1.807, 2.05) is 45.0 Å². The van der Waals surface area contributed by atoms with Gasteiger partial charge in [0.05, 0.1) is 18.7 Å². The van der Waals surface area contributed by atoms with E-state index in [-0.39, 0.29) is 12.2 Å². The van der Waals surface area contributed by atoms with Crippen molar-refractivity contribution in [2.45, 2.75) is 33.5 Å². The molecule has 29 heavy (non-hydrogen) atoms. The van der Waals surface area contributed by atoms with Gasteiger partial charge in [-0.2, -0.15) is 13.2 Å². The number of aromatic nitrogens is 1. The summed E-state index contributed by atoms with van der Waals surface area (Å²) >= 11 is 0. The lowest BCUT2D eigenvalue weighted by Crippen LogP contribution is -2.25. The van der Waals surface area contributed by atoms with Crippen molar-refractivity contribution < 1.29 is 13.2 Å². The first-order valence-corrected chi connectivity index (χ1v) is 8.97. The van der Waals surface area contributed by atoms with E-state index in [2.05, 4.69) is 4.85 Å². The second-order valence-corrected chi connectivity index (χ2v) is 7.09. The molecule has 0 amide bonds. The first-order valence-electron chi connectivity index (χ1n) is 8.97. The fourth-order valence-electron chi connectivity index (χ4n) is 3.30. The Hall–Kier alpha value is -3.33. The molecule has 3 nitrogen and oxygen atoms in total. The zero-order valence-corrected chi connectivity index (χ0v) is 16.3. The first kappa shape index (κ1) is 20.4. The lowest BCUT2D eigenvalue weighted by molar-refractivity contribution is -0.136. The van der Waals surface area contributed by atoms with Crippen LogP contribution < -0.4 is 5.56 Å². The maximum atomic E-state index is 13.6. The third-order valence-electron chi connectivity index (χ3n) is 4.84. The molecule has 1 heterocycles. The van der Waals surface area contributed by atoms with Crippen LogP contribution in [-0.4, -0.2) is 4.57 Å². The van der Waals surface area contributed by atoms with Gasteiger partial charge in [-0.1, -0.05) is 47.5 Å². The Bertz CT molecular complexity index is 1180. The van der Waals surface area contributed by atoms with Gasteiger partial charge in [0.25, 0.3) is 11.2 Å². The zero-order valence-electron chi connectivity index (χ0n) is 16.3. The molecule has 0 atom stereocenters. The molecule has 0 aliphatic carbocycles. The van der Waals surface area contributed by atoms with Gasteiger partial charge >= 0.3 is 6.18 Å². The first-order chi connectivity index (χ1) is 13.6. The highest BCUT2D eigenvalue weighted by atomic mass is 19.4. The van der Waals surface area contributed by atoms with E-state index in [4.69, 9.17) is 6.57 Å². The minimum absolute atomic E-state index is 0.0796. The zero-order chi connectivity index (χ0) is 21.3. The summed E-state index contributed by atoms with van der Waals surface area (Å²) in [4.78, 5) is 15.9. The third kappa shape index (κ3) is 4.09. The van der Waals surface area contributed by atoms with E-state index in [0.717, 1.165) is 28.3 Å². The fraction of sp³-hybridized carbons (Fsp3) is 0.217. The molecule has 148 valence electrons. The van der Waals surface area contributed by atoms with Gasteiger partial charge in [-0.3, -0.25) is 4.79 Å². The number of rotatable bonds is 3. The van der Waals surface area contributed by atoms with Crippen LogP contribution in [0.3, 0.4) is 0 Å². The molecule has 3 rings (SSSR count). The standard InChI is InChI=1S/C23H19F3N2O/c1-14-6-5-7-17(10-14)20-12-19(23(24,25)26)21(27-4)22(29)28(20)13-18-11-15(2)8-9-16(18)3/h5-12H,13H2,1-3H3. The Kier molecular flexibility index (Phi) is 5.34. The molecule has 3 aromatic rings. The SMILES string of the molecule is [C-]#[N+]c1c(C(F)(F)F)cc(-c2cccc(C)c2)n(Cc2cc(C)ccc2C)c1=O. The van der Waals surface area contributed by atoms with Gasteiger partial charge in [0.2, 0.25) is 0 Å². The number of benzene rings is 2. The monoisotopic (exact) mass is 396 g/mol. The van der Waals surface area contributed by atoms with E-state index >= 15 is 0 Å². The summed E-state index contributed by atoms with van der Waals surface area (Å²) in [7, 11) is 0. The number of halogens is 3. The number of hydrogen-bond donors (Lipinski definition) is 0. The Morgan fingerprint density at radius 1 is 1.00 bits per heavy atom. The summed E-state index contributed by atoms with van der Waals surface area (Å²) in [6.45, 7) is 12.9. The molecular weight excluding hydrogens is 377 g/mol. The molecule has 0 saturated carbocycles. The van der Waals surface area contributed by atoms with Gasteiger partial charge in [-0.15, -0.1) is 0 Å². The molecular formula is C23H19F3N2O. The number of nitrogens with zero attached hydrogens (tertiary/aromatic N) is 2. The third-order valence-corrected chi connectivity index (χ3v) is 4.84. The van der Waals surface area contributed by atoms with Crippen molar-refractivity contribution in [1.82, 2.24) is 4.57 Å². The van der Waals surface area contributed by atoms with Gasteiger partial charge in [-0.25, -0.2) is 4.85 Å². The van der Waals surface area contributed by atoms with Gasteiger partial charge < -0.3 is 4.57 Å². The van der Waals surface area contributed by atoms with Crippen LogP contribution in [-0.2, 0) is 12.7 Å². The summed E-state index contributed by atoms with van der Waals surface area (Å²) in [5.41, 5.74) is 1.16. The average molecular weight is 396 g/mol. The molecule has 0 unspecified atom stereocenters. The van der Waals surface area contributed by atoms with E-state index in [1.165, 1.54) is 4.57 Å². The molecule has 0 fully saturated rings. The van der Waals surface area contributed by atoms with Crippen molar-refractivity contribution in [2.24, 2.45) is 0 Å². The van der Waals surface area contributed by atoms with Crippen molar-refractivity contribution in [3.8, 4) is 11.3 Å². The van der Waals surface area contributed by atoms with Crippen molar-refractivity contribution in [1.29, 1.82) is 0 Å². The van der Waals surface area contributed by atoms with Crippen LogP contribution in [0.25, 0.3) is 16.1 Å². The normalized spacial score (nSPS) is 11.3. The Morgan fingerprint density at radius 2 is 1.69 bits per heavy atom. The number of alkyl halides is 3. The highest BCUT2D eigenvalue weighted by Gasteiger charge is 2.36. The molecule has 0 radical (unpaired) electrons. The number of pyridine rings is 1. The van der Waals surface area contributed by atoms with E-state index < -0.39 is 23.0 Å². The predicted molar refractivity (Wildman–Crippen MR) is 107 cm³/mol. The molecule has 0 saturated heterocycles. The Labute approximate surface area is 166 Å². The van der Waals surface area contributed by atoms with Crippen molar-refractivity contribution in [3.63, 3.8) is 0 Å². The van der Waals surface area contributed by atoms with Crippen LogP contribution in [0.5, 0.6) is 0 Å². The van der Waals surface area contributed by atoms with Crippen molar-refractivity contribution in [2.75, 3.05) is 0 Å². The smallest absolute Gasteiger partial charge is 0.313 e. The van der Waals surface area contributed by atoms with Gasteiger partial charge in [0.1, 0.15) is 0 Å².